The van der Waals surface area contributed by atoms with E-state index in [0.717, 1.165) is 32.5 Å². The number of esters is 1. The maximum absolute atomic E-state index is 11.7. The Balaban J connectivity index is 2.28. The molecule has 0 radical (unpaired) electrons. The molecule has 1 rings (SSSR count). The predicted octanol–water partition coefficient (Wildman–Crippen LogP) is 0.867. The molecule has 18 heavy (non-hydrogen) atoms. The molecule has 0 aromatic heterocycles. The van der Waals surface area contributed by atoms with Gasteiger partial charge in [0.15, 0.2) is 5.78 Å². The van der Waals surface area contributed by atoms with Crippen molar-refractivity contribution in [2.45, 2.75) is 26.2 Å². The molecule has 0 spiro atoms. The molecular formula is C13H23NO4. The van der Waals surface area contributed by atoms with Crippen LogP contribution in [0.3, 0.4) is 0 Å². The van der Waals surface area contributed by atoms with Crippen LogP contribution < -0.4 is 0 Å². The van der Waals surface area contributed by atoms with Gasteiger partial charge in [-0.2, -0.15) is 0 Å². The van der Waals surface area contributed by atoms with E-state index < -0.39 is 5.97 Å². The lowest BCUT2D eigenvalue weighted by Crippen LogP contribution is -2.40. The first-order valence-electron chi connectivity index (χ1n) is 6.54. The molecule has 5 nitrogen and oxygen atoms in total. The van der Waals surface area contributed by atoms with Gasteiger partial charge in [0.05, 0.1) is 19.8 Å². The van der Waals surface area contributed by atoms with Crippen LogP contribution in [-0.4, -0.2) is 56.6 Å². The van der Waals surface area contributed by atoms with E-state index in [1.807, 2.05) is 0 Å². The fourth-order valence-electron chi connectivity index (χ4n) is 2.34. The zero-order valence-corrected chi connectivity index (χ0v) is 11.3. The number of hydrogen-bond acceptors (Lipinski definition) is 5. The van der Waals surface area contributed by atoms with Gasteiger partial charge in [0, 0.05) is 13.7 Å². The van der Waals surface area contributed by atoms with E-state index in [1.165, 1.54) is 0 Å². The summed E-state index contributed by atoms with van der Waals surface area (Å²) in [5.74, 6) is 0.0126. The van der Waals surface area contributed by atoms with E-state index in [2.05, 4.69) is 4.90 Å². The fourth-order valence-corrected chi connectivity index (χ4v) is 2.34. The molecule has 1 heterocycles. The minimum Gasteiger partial charge on any atom is -0.466 e. The van der Waals surface area contributed by atoms with Crippen molar-refractivity contribution in [3.63, 3.8) is 0 Å². The van der Waals surface area contributed by atoms with Crippen LogP contribution in [0.25, 0.3) is 0 Å². The Labute approximate surface area is 108 Å². The number of ether oxygens (including phenoxy) is 2. The number of carbonyl (C=O) groups is 2. The smallest absolute Gasteiger partial charge is 0.313 e. The molecule has 0 saturated carbocycles. The van der Waals surface area contributed by atoms with Crippen LogP contribution in [0.15, 0.2) is 0 Å². The third kappa shape index (κ3) is 5.60. The third-order valence-corrected chi connectivity index (χ3v) is 3.05. The third-order valence-electron chi connectivity index (χ3n) is 3.05. The van der Waals surface area contributed by atoms with Gasteiger partial charge < -0.3 is 9.47 Å². The molecule has 5 heteroatoms. The summed E-state index contributed by atoms with van der Waals surface area (Å²) in [5, 5.41) is 0. The Morgan fingerprint density at radius 2 is 2.17 bits per heavy atom. The first-order chi connectivity index (χ1) is 8.65. The maximum Gasteiger partial charge on any atom is 0.313 e. The summed E-state index contributed by atoms with van der Waals surface area (Å²) in [6.07, 6.45) is 2.12. The highest BCUT2D eigenvalue weighted by atomic mass is 16.5. The molecule has 1 aliphatic heterocycles. The number of rotatable bonds is 7. The number of nitrogens with zero attached hydrogens (tertiary/aromatic N) is 1. The van der Waals surface area contributed by atoms with Crippen LogP contribution in [0.4, 0.5) is 0 Å². The van der Waals surface area contributed by atoms with Crippen LogP contribution in [-0.2, 0) is 19.1 Å². The highest BCUT2D eigenvalue weighted by Crippen LogP contribution is 2.16. The van der Waals surface area contributed by atoms with Crippen molar-refractivity contribution < 1.29 is 19.1 Å². The number of piperidine rings is 1. The molecule has 1 fully saturated rings. The van der Waals surface area contributed by atoms with E-state index >= 15 is 0 Å². The molecule has 1 atom stereocenters. The Morgan fingerprint density at radius 3 is 2.83 bits per heavy atom. The highest BCUT2D eigenvalue weighted by molar-refractivity contribution is 5.96. The number of hydrogen-bond donors (Lipinski definition) is 0. The second kappa shape index (κ2) is 8.21. The minimum absolute atomic E-state index is 0.0634. The summed E-state index contributed by atoms with van der Waals surface area (Å²) in [5.41, 5.74) is 0. The standard InChI is InChI=1S/C13H23NO4/c1-3-18-13(16)7-12(15)9-14-6-4-5-11(8-14)10-17-2/h11H,3-10H2,1-2H3. The first kappa shape index (κ1) is 15.1. The summed E-state index contributed by atoms with van der Waals surface area (Å²) in [6.45, 7) is 4.95. The molecule has 104 valence electrons. The summed E-state index contributed by atoms with van der Waals surface area (Å²) in [7, 11) is 1.70. The van der Waals surface area contributed by atoms with Gasteiger partial charge in [-0.3, -0.25) is 14.5 Å². The van der Waals surface area contributed by atoms with Crippen molar-refractivity contribution >= 4 is 11.8 Å². The van der Waals surface area contributed by atoms with Crippen LogP contribution >= 0.6 is 0 Å². The van der Waals surface area contributed by atoms with Gasteiger partial charge in [-0.25, -0.2) is 0 Å². The lowest BCUT2D eigenvalue weighted by molar-refractivity contribution is -0.145. The molecule has 1 saturated heterocycles. The summed E-state index contributed by atoms with van der Waals surface area (Å²) >= 11 is 0. The molecule has 0 aromatic rings. The zero-order valence-electron chi connectivity index (χ0n) is 11.3. The van der Waals surface area contributed by atoms with Gasteiger partial charge in [0.1, 0.15) is 6.42 Å². The largest absolute Gasteiger partial charge is 0.466 e. The van der Waals surface area contributed by atoms with Crippen LogP contribution in [0.5, 0.6) is 0 Å². The van der Waals surface area contributed by atoms with E-state index in [-0.39, 0.29) is 12.2 Å². The second-order valence-corrected chi connectivity index (χ2v) is 4.72. The molecular weight excluding hydrogens is 234 g/mol. The van der Waals surface area contributed by atoms with E-state index in [0.29, 0.717) is 19.1 Å². The molecule has 0 bridgehead atoms. The van der Waals surface area contributed by atoms with E-state index in [9.17, 15) is 9.59 Å². The Kier molecular flexibility index (Phi) is 6.90. The van der Waals surface area contributed by atoms with Gasteiger partial charge >= 0.3 is 5.97 Å². The van der Waals surface area contributed by atoms with Crippen LogP contribution in [0.1, 0.15) is 26.2 Å². The Hall–Kier alpha value is -0.940. The van der Waals surface area contributed by atoms with E-state index in [4.69, 9.17) is 9.47 Å². The molecule has 1 aliphatic rings. The SMILES string of the molecule is CCOC(=O)CC(=O)CN1CCCC(COC)C1. The van der Waals surface area contributed by atoms with Gasteiger partial charge in [-0.15, -0.1) is 0 Å². The van der Waals surface area contributed by atoms with Gasteiger partial charge in [-0.1, -0.05) is 0 Å². The molecule has 0 amide bonds. The van der Waals surface area contributed by atoms with Crippen molar-refractivity contribution in [2.24, 2.45) is 5.92 Å². The van der Waals surface area contributed by atoms with Crippen molar-refractivity contribution in [3.8, 4) is 0 Å². The van der Waals surface area contributed by atoms with E-state index in [1.54, 1.807) is 14.0 Å². The monoisotopic (exact) mass is 257 g/mol. The maximum atomic E-state index is 11.7. The lowest BCUT2D eigenvalue weighted by atomic mass is 9.98. The highest BCUT2D eigenvalue weighted by Gasteiger charge is 2.22. The predicted molar refractivity (Wildman–Crippen MR) is 67.3 cm³/mol. The van der Waals surface area contributed by atoms with Gasteiger partial charge in [0.25, 0.3) is 0 Å². The number of ketones is 1. The zero-order chi connectivity index (χ0) is 13.4. The number of likely N-dealkylation sites (tertiary alicyclic amines) is 1. The average Bonchev–Trinajstić information content (AvgIpc) is 2.29. The Bertz CT molecular complexity index is 278. The fraction of sp³-hybridized carbons (Fsp3) is 0.846. The summed E-state index contributed by atoms with van der Waals surface area (Å²) in [6, 6.07) is 0. The summed E-state index contributed by atoms with van der Waals surface area (Å²) < 4.78 is 9.91. The molecule has 0 aromatic carbocycles. The normalized spacial score (nSPS) is 20.7. The molecule has 0 aliphatic carbocycles. The second-order valence-electron chi connectivity index (χ2n) is 4.72. The number of methoxy groups -OCH3 is 1. The molecule has 0 N–H and O–H groups in total. The average molecular weight is 257 g/mol. The van der Waals surface area contributed by atoms with Gasteiger partial charge in [0.2, 0.25) is 0 Å². The quantitative estimate of drug-likeness (QED) is 0.500. The first-order valence-corrected chi connectivity index (χ1v) is 6.54. The van der Waals surface area contributed by atoms with Crippen molar-refractivity contribution in [3.05, 3.63) is 0 Å². The van der Waals surface area contributed by atoms with Gasteiger partial charge in [-0.05, 0) is 32.2 Å². The van der Waals surface area contributed by atoms with Crippen LogP contribution in [0.2, 0.25) is 0 Å². The lowest BCUT2D eigenvalue weighted by Gasteiger charge is -2.31. The van der Waals surface area contributed by atoms with Crippen molar-refractivity contribution in [1.82, 2.24) is 4.90 Å². The Morgan fingerprint density at radius 1 is 1.39 bits per heavy atom. The summed E-state index contributed by atoms with van der Waals surface area (Å²) in [4.78, 5) is 25.0. The van der Waals surface area contributed by atoms with Crippen molar-refractivity contribution in [1.29, 1.82) is 0 Å². The molecule has 1 unspecified atom stereocenters. The number of Topliss-reactive ketones (excluding diaryl/α,β-unsaturated/α-hetero) is 1. The topological polar surface area (TPSA) is 55.8 Å². The van der Waals surface area contributed by atoms with Crippen LogP contribution in [0, 0.1) is 5.92 Å². The number of carbonyl (C=O) groups excluding carboxylic acids is 2. The van der Waals surface area contributed by atoms with Crippen molar-refractivity contribution in [2.75, 3.05) is 40.0 Å². The minimum atomic E-state index is -0.423.